The fourth-order valence-electron chi connectivity index (χ4n) is 1.85. The van der Waals surface area contributed by atoms with Gasteiger partial charge in [0.05, 0.1) is 5.92 Å². The van der Waals surface area contributed by atoms with E-state index in [0.717, 1.165) is 4.90 Å². The number of carbonyl (C=O) groups excluding carboxylic acids is 4. The van der Waals surface area contributed by atoms with Crippen molar-refractivity contribution >= 4 is 23.6 Å². The Balaban J connectivity index is 2.38. The van der Waals surface area contributed by atoms with Crippen LogP contribution >= 0.6 is 0 Å². The molecule has 74 valence electrons. The standard InChI is InChI=1S/C8H8N2O4/c1-10-7(13)3-2-4(11)9-6(12)5(3)8(10)14/h3,5H,2H2,1H3,(H,9,11,12)/t3-,5+/m0/s1. The molecule has 4 amide bonds. The first-order chi connectivity index (χ1) is 6.52. The fourth-order valence-corrected chi connectivity index (χ4v) is 1.85. The van der Waals surface area contributed by atoms with Gasteiger partial charge < -0.3 is 0 Å². The second kappa shape index (κ2) is 2.63. The molecule has 2 saturated heterocycles. The van der Waals surface area contributed by atoms with E-state index in [2.05, 4.69) is 0 Å². The summed E-state index contributed by atoms with van der Waals surface area (Å²) in [4.78, 5) is 45.9. The third kappa shape index (κ3) is 0.966. The Morgan fingerprint density at radius 2 is 1.86 bits per heavy atom. The lowest BCUT2D eigenvalue weighted by Crippen LogP contribution is -2.47. The number of fused-ring (bicyclic) bond motifs is 1. The minimum Gasteiger partial charge on any atom is -0.296 e. The van der Waals surface area contributed by atoms with Crippen molar-refractivity contribution in [2.45, 2.75) is 6.42 Å². The van der Waals surface area contributed by atoms with E-state index in [1.807, 2.05) is 5.32 Å². The molecule has 2 aliphatic rings. The molecule has 6 nitrogen and oxygen atoms in total. The molecular formula is C8H8N2O4. The first kappa shape index (κ1) is 8.86. The maximum absolute atomic E-state index is 11.4. The average Bonchev–Trinajstić information content (AvgIpc) is 2.31. The summed E-state index contributed by atoms with van der Waals surface area (Å²) >= 11 is 0. The van der Waals surface area contributed by atoms with Crippen molar-refractivity contribution in [1.82, 2.24) is 10.2 Å². The van der Waals surface area contributed by atoms with E-state index in [1.54, 1.807) is 0 Å². The van der Waals surface area contributed by atoms with E-state index >= 15 is 0 Å². The zero-order valence-electron chi connectivity index (χ0n) is 7.44. The molecule has 0 aromatic rings. The lowest BCUT2D eigenvalue weighted by molar-refractivity contribution is -0.143. The number of hydrogen-bond acceptors (Lipinski definition) is 4. The second-order valence-corrected chi connectivity index (χ2v) is 3.44. The van der Waals surface area contributed by atoms with Crippen LogP contribution in [-0.4, -0.2) is 35.6 Å². The van der Waals surface area contributed by atoms with Crippen LogP contribution in [0.3, 0.4) is 0 Å². The maximum atomic E-state index is 11.4. The number of nitrogens with zero attached hydrogens (tertiary/aromatic N) is 1. The van der Waals surface area contributed by atoms with Gasteiger partial charge in [-0.2, -0.15) is 0 Å². The summed E-state index contributed by atoms with van der Waals surface area (Å²) in [6, 6.07) is 0. The summed E-state index contributed by atoms with van der Waals surface area (Å²) < 4.78 is 0. The largest absolute Gasteiger partial charge is 0.296 e. The van der Waals surface area contributed by atoms with Crippen LogP contribution in [0.25, 0.3) is 0 Å². The van der Waals surface area contributed by atoms with Crippen molar-refractivity contribution < 1.29 is 19.2 Å². The van der Waals surface area contributed by atoms with Gasteiger partial charge in [0.1, 0.15) is 5.92 Å². The van der Waals surface area contributed by atoms with E-state index in [4.69, 9.17) is 0 Å². The van der Waals surface area contributed by atoms with E-state index < -0.39 is 35.5 Å². The second-order valence-electron chi connectivity index (χ2n) is 3.44. The lowest BCUT2D eigenvalue weighted by Gasteiger charge is -2.19. The molecule has 0 aromatic heterocycles. The molecule has 0 unspecified atom stereocenters. The Hall–Kier alpha value is -1.72. The van der Waals surface area contributed by atoms with Gasteiger partial charge in [0.15, 0.2) is 0 Å². The van der Waals surface area contributed by atoms with Gasteiger partial charge in [0.25, 0.3) is 0 Å². The van der Waals surface area contributed by atoms with Gasteiger partial charge in [-0.1, -0.05) is 0 Å². The maximum Gasteiger partial charge on any atom is 0.242 e. The van der Waals surface area contributed by atoms with Crippen LogP contribution in [0.2, 0.25) is 0 Å². The molecule has 2 fully saturated rings. The van der Waals surface area contributed by atoms with Gasteiger partial charge in [0, 0.05) is 13.5 Å². The van der Waals surface area contributed by atoms with Crippen LogP contribution in [0.5, 0.6) is 0 Å². The highest BCUT2D eigenvalue weighted by atomic mass is 16.2. The smallest absolute Gasteiger partial charge is 0.242 e. The molecule has 0 spiro atoms. The first-order valence-corrected chi connectivity index (χ1v) is 4.17. The SMILES string of the molecule is CN1C(=O)[C@H]2C(=O)NC(=O)C[C@@H]2C1=O. The predicted octanol–water partition coefficient (Wildman–Crippen LogP) is -1.74. The normalized spacial score (nSPS) is 31.9. The number of amides is 4. The molecular weight excluding hydrogens is 188 g/mol. The van der Waals surface area contributed by atoms with E-state index in [9.17, 15) is 19.2 Å². The summed E-state index contributed by atoms with van der Waals surface area (Å²) in [5.74, 6) is -3.89. The van der Waals surface area contributed by atoms with Gasteiger partial charge >= 0.3 is 0 Å². The highest BCUT2D eigenvalue weighted by Gasteiger charge is 2.53. The number of nitrogens with one attached hydrogen (secondary N) is 1. The molecule has 2 aliphatic heterocycles. The quantitative estimate of drug-likeness (QED) is 0.368. The summed E-state index contributed by atoms with van der Waals surface area (Å²) in [7, 11) is 1.32. The van der Waals surface area contributed by atoms with Crippen molar-refractivity contribution in [1.29, 1.82) is 0 Å². The topological polar surface area (TPSA) is 83.6 Å². The molecule has 0 saturated carbocycles. The molecule has 2 heterocycles. The van der Waals surface area contributed by atoms with Crippen molar-refractivity contribution in [3.63, 3.8) is 0 Å². The first-order valence-electron chi connectivity index (χ1n) is 4.17. The Bertz CT molecular complexity index is 362. The lowest BCUT2D eigenvalue weighted by atomic mass is 9.88. The molecule has 0 aliphatic carbocycles. The van der Waals surface area contributed by atoms with Crippen LogP contribution in [-0.2, 0) is 19.2 Å². The summed E-state index contributed by atoms with van der Waals surface area (Å²) in [5, 5.41) is 2.04. The molecule has 6 heteroatoms. The number of hydrogen-bond donors (Lipinski definition) is 1. The third-order valence-corrected chi connectivity index (χ3v) is 2.60. The van der Waals surface area contributed by atoms with Gasteiger partial charge in [-0.25, -0.2) is 0 Å². The van der Waals surface area contributed by atoms with Crippen LogP contribution in [0, 0.1) is 11.8 Å². The van der Waals surface area contributed by atoms with Crippen LogP contribution in [0.4, 0.5) is 0 Å². The van der Waals surface area contributed by atoms with E-state index in [-0.39, 0.29) is 6.42 Å². The molecule has 1 N–H and O–H groups in total. The minimum atomic E-state index is -0.995. The monoisotopic (exact) mass is 196 g/mol. The Labute approximate surface area is 79.2 Å². The Morgan fingerprint density at radius 1 is 1.21 bits per heavy atom. The highest BCUT2D eigenvalue weighted by molar-refractivity contribution is 6.19. The van der Waals surface area contributed by atoms with Crippen LogP contribution < -0.4 is 5.32 Å². The van der Waals surface area contributed by atoms with Crippen LogP contribution in [0.15, 0.2) is 0 Å². The zero-order chi connectivity index (χ0) is 10.5. The number of piperidine rings is 1. The molecule has 14 heavy (non-hydrogen) atoms. The van der Waals surface area contributed by atoms with Gasteiger partial charge in [-0.05, 0) is 0 Å². The van der Waals surface area contributed by atoms with Gasteiger partial charge in [0.2, 0.25) is 23.6 Å². The zero-order valence-corrected chi connectivity index (χ0v) is 7.44. The van der Waals surface area contributed by atoms with Crippen molar-refractivity contribution in [3.8, 4) is 0 Å². The minimum absolute atomic E-state index is 0.0781. The number of rotatable bonds is 0. The highest BCUT2D eigenvalue weighted by Crippen LogP contribution is 2.30. The molecule has 0 bridgehead atoms. The number of imide groups is 2. The number of likely N-dealkylation sites (tertiary alicyclic amines) is 1. The van der Waals surface area contributed by atoms with E-state index in [1.165, 1.54) is 7.05 Å². The van der Waals surface area contributed by atoms with Gasteiger partial charge in [-0.15, -0.1) is 0 Å². The van der Waals surface area contributed by atoms with Crippen LogP contribution in [0.1, 0.15) is 6.42 Å². The van der Waals surface area contributed by atoms with Crippen molar-refractivity contribution in [3.05, 3.63) is 0 Å². The molecule has 2 atom stereocenters. The van der Waals surface area contributed by atoms with Crippen molar-refractivity contribution in [2.75, 3.05) is 7.05 Å². The third-order valence-electron chi connectivity index (χ3n) is 2.60. The molecule has 2 rings (SSSR count). The fraction of sp³-hybridized carbons (Fsp3) is 0.500. The molecule has 0 aromatic carbocycles. The summed E-state index contributed by atoms with van der Waals surface area (Å²) in [5.41, 5.74) is 0. The number of carbonyl (C=O) groups is 4. The Kier molecular flexibility index (Phi) is 1.67. The van der Waals surface area contributed by atoms with Gasteiger partial charge in [-0.3, -0.25) is 29.4 Å². The Morgan fingerprint density at radius 3 is 2.50 bits per heavy atom. The van der Waals surface area contributed by atoms with E-state index in [0.29, 0.717) is 0 Å². The van der Waals surface area contributed by atoms with Crippen molar-refractivity contribution in [2.24, 2.45) is 11.8 Å². The summed E-state index contributed by atoms with van der Waals surface area (Å²) in [6.45, 7) is 0. The predicted molar refractivity (Wildman–Crippen MR) is 42.5 cm³/mol. The molecule has 0 radical (unpaired) electrons. The average molecular weight is 196 g/mol. The summed E-state index contributed by atoms with van der Waals surface area (Å²) in [6.07, 6.45) is -0.0781.